The molecule has 1 atom stereocenters. The first-order valence-electron chi connectivity index (χ1n) is 7.65. The third-order valence-electron chi connectivity index (χ3n) is 4.19. The van der Waals surface area contributed by atoms with Gasteiger partial charge < -0.3 is 10.5 Å². The van der Waals surface area contributed by atoms with Gasteiger partial charge in [0.25, 0.3) is 0 Å². The first kappa shape index (κ1) is 19.8. The number of hydrogen-bond acceptors (Lipinski definition) is 4. The fraction of sp³-hybridized carbons (Fsp3) is 0.294. The zero-order chi connectivity index (χ0) is 17.3. The highest BCUT2D eigenvalue weighted by Gasteiger charge is 2.28. The highest BCUT2D eigenvalue weighted by molar-refractivity contribution is 7.89. The molecule has 0 saturated carbocycles. The van der Waals surface area contributed by atoms with E-state index in [1.54, 1.807) is 18.2 Å². The molecular formula is C17H20Cl2N2O3S. The van der Waals surface area contributed by atoms with Crippen LogP contribution >= 0.6 is 24.0 Å². The largest absolute Gasteiger partial charge is 0.495 e. The topological polar surface area (TPSA) is 81.4 Å². The highest BCUT2D eigenvalue weighted by Crippen LogP contribution is 2.34. The molecule has 0 radical (unpaired) electrons. The Bertz CT molecular complexity index is 872. The minimum atomic E-state index is -3.77. The van der Waals surface area contributed by atoms with Crippen LogP contribution in [0.3, 0.4) is 0 Å². The summed E-state index contributed by atoms with van der Waals surface area (Å²) in [5.74, 6) is 0.264. The van der Waals surface area contributed by atoms with Crippen LogP contribution in [-0.2, 0) is 16.4 Å². The van der Waals surface area contributed by atoms with Crippen molar-refractivity contribution in [3.05, 3.63) is 52.5 Å². The van der Waals surface area contributed by atoms with E-state index in [2.05, 4.69) is 4.72 Å². The van der Waals surface area contributed by atoms with E-state index in [0.29, 0.717) is 10.7 Å². The quantitative estimate of drug-likeness (QED) is 0.763. The average molecular weight is 403 g/mol. The van der Waals surface area contributed by atoms with Crippen molar-refractivity contribution in [2.24, 2.45) is 0 Å². The molecule has 0 amide bonds. The van der Waals surface area contributed by atoms with Crippen LogP contribution in [0.1, 0.15) is 30.0 Å². The number of aryl methyl sites for hydroxylation is 1. The molecule has 0 spiro atoms. The summed E-state index contributed by atoms with van der Waals surface area (Å²) in [7, 11) is -2.34. The van der Waals surface area contributed by atoms with Gasteiger partial charge in [-0.25, -0.2) is 13.1 Å². The van der Waals surface area contributed by atoms with Crippen molar-refractivity contribution in [3.63, 3.8) is 0 Å². The molecule has 0 heterocycles. The molecular weight excluding hydrogens is 383 g/mol. The summed E-state index contributed by atoms with van der Waals surface area (Å²) < 4.78 is 33.6. The van der Waals surface area contributed by atoms with Gasteiger partial charge in [0, 0.05) is 16.8 Å². The Morgan fingerprint density at radius 2 is 2.00 bits per heavy atom. The molecule has 3 rings (SSSR count). The van der Waals surface area contributed by atoms with Crippen molar-refractivity contribution in [2.45, 2.75) is 30.2 Å². The molecule has 1 unspecified atom stereocenters. The van der Waals surface area contributed by atoms with Crippen LogP contribution in [0, 0.1) is 0 Å². The Hall–Kier alpha value is -1.47. The summed E-state index contributed by atoms with van der Waals surface area (Å²) in [6.45, 7) is 0. The second-order valence-electron chi connectivity index (χ2n) is 5.82. The molecule has 2 aromatic carbocycles. The van der Waals surface area contributed by atoms with Crippen LogP contribution < -0.4 is 15.2 Å². The first-order chi connectivity index (χ1) is 11.4. The lowest BCUT2D eigenvalue weighted by atomic mass is 9.88. The van der Waals surface area contributed by atoms with Gasteiger partial charge in [-0.15, -0.1) is 12.4 Å². The lowest BCUT2D eigenvalue weighted by Gasteiger charge is -2.26. The Morgan fingerprint density at radius 1 is 1.24 bits per heavy atom. The molecule has 1 aliphatic carbocycles. The maximum Gasteiger partial charge on any atom is 0.244 e. The maximum absolute atomic E-state index is 12.8. The van der Waals surface area contributed by atoms with Gasteiger partial charge in [0.1, 0.15) is 10.6 Å². The third-order valence-corrected chi connectivity index (χ3v) is 5.92. The summed E-state index contributed by atoms with van der Waals surface area (Å²) in [6.07, 6.45) is 2.54. The highest BCUT2D eigenvalue weighted by atomic mass is 35.5. The maximum atomic E-state index is 12.8. The van der Waals surface area contributed by atoms with Gasteiger partial charge in [0.2, 0.25) is 10.0 Å². The number of anilines is 1. The average Bonchev–Trinajstić information content (AvgIpc) is 2.54. The Labute approximate surface area is 159 Å². The molecule has 0 aliphatic heterocycles. The van der Waals surface area contributed by atoms with Crippen molar-refractivity contribution < 1.29 is 13.2 Å². The predicted molar refractivity (Wildman–Crippen MR) is 102 cm³/mol. The number of halogens is 2. The molecule has 3 N–H and O–H groups in total. The van der Waals surface area contributed by atoms with Gasteiger partial charge in [0.15, 0.2) is 0 Å². The van der Waals surface area contributed by atoms with Crippen LogP contribution in [-0.4, -0.2) is 15.5 Å². The van der Waals surface area contributed by atoms with Crippen LogP contribution in [0.2, 0.25) is 5.02 Å². The lowest BCUT2D eigenvalue weighted by Crippen LogP contribution is -2.31. The van der Waals surface area contributed by atoms with Crippen LogP contribution in [0.15, 0.2) is 41.3 Å². The van der Waals surface area contributed by atoms with Crippen molar-refractivity contribution in [2.75, 3.05) is 12.8 Å². The van der Waals surface area contributed by atoms with Crippen LogP contribution in [0.25, 0.3) is 0 Å². The summed E-state index contributed by atoms with van der Waals surface area (Å²) >= 11 is 5.96. The Morgan fingerprint density at radius 3 is 2.72 bits per heavy atom. The van der Waals surface area contributed by atoms with E-state index in [1.807, 2.05) is 12.1 Å². The number of nitrogens with two attached hydrogens (primary N) is 1. The lowest BCUT2D eigenvalue weighted by molar-refractivity contribution is 0.401. The van der Waals surface area contributed by atoms with E-state index < -0.39 is 10.0 Å². The van der Waals surface area contributed by atoms with Gasteiger partial charge in [-0.2, -0.15) is 0 Å². The SMILES string of the molecule is COc1ccc(Cl)cc1S(=O)(=O)NC1CCCc2cc(N)ccc21.Cl. The van der Waals surface area contributed by atoms with Gasteiger partial charge in [-0.1, -0.05) is 17.7 Å². The van der Waals surface area contributed by atoms with Crippen LogP contribution in [0.4, 0.5) is 5.69 Å². The second-order valence-corrected chi connectivity index (χ2v) is 7.94. The number of hydrogen-bond donors (Lipinski definition) is 2. The Balaban J connectivity index is 0.00000225. The molecule has 0 aromatic heterocycles. The second kappa shape index (κ2) is 7.83. The summed E-state index contributed by atoms with van der Waals surface area (Å²) in [5.41, 5.74) is 8.58. The number of benzene rings is 2. The van der Waals surface area contributed by atoms with Gasteiger partial charge >= 0.3 is 0 Å². The standard InChI is InChI=1S/C17H19ClN2O3S.ClH/c1-23-16-8-5-12(18)10-17(16)24(21,22)20-15-4-2-3-11-9-13(19)6-7-14(11)15;/h5-10,15,20H,2-4,19H2,1H3;1H. The van der Waals surface area contributed by atoms with E-state index >= 15 is 0 Å². The molecule has 0 saturated heterocycles. The Kier molecular flexibility index (Phi) is 6.21. The van der Waals surface area contributed by atoms with Gasteiger partial charge in [-0.3, -0.25) is 0 Å². The molecule has 8 heteroatoms. The number of nitrogens with one attached hydrogen (secondary N) is 1. The molecule has 0 fully saturated rings. The van der Waals surface area contributed by atoms with E-state index in [0.717, 1.165) is 30.4 Å². The minimum absolute atomic E-state index is 0. The molecule has 136 valence electrons. The van der Waals surface area contributed by atoms with Gasteiger partial charge in [-0.05, 0) is 60.7 Å². The van der Waals surface area contributed by atoms with Crippen molar-refractivity contribution in [3.8, 4) is 5.75 Å². The third kappa shape index (κ3) is 4.20. The van der Waals surface area contributed by atoms with E-state index in [9.17, 15) is 8.42 Å². The van der Waals surface area contributed by atoms with Crippen molar-refractivity contribution >= 4 is 39.7 Å². The number of nitrogen functional groups attached to an aromatic ring is 1. The van der Waals surface area contributed by atoms with E-state index in [4.69, 9.17) is 22.1 Å². The fourth-order valence-electron chi connectivity index (χ4n) is 3.07. The number of methoxy groups -OCH3 is 1. The fourth-order valence-corrected chi connectivity index (χ4v) is 4.75. The zero-order valence-electron chi connectivity index (χ0n) is 13.7. The number of rotatable bonds is 4. The monoisotopic (exact) mass is 402 g/mol. The molecule has 2 aromatic rings. The summed E-state index contributed by atoms with van der Waals surface area (Å²) in [4.78, 5) is 0.0417. The van der Waals surface area contributed by atoms with Gasteiger partial charge in [0.05, 0.1) is 7.11 Å². The normalized spacial score (nSPS) is 16.6. The number of sulfonamides is 1. The zero-order valence-corrected chi connectivity index (χ0v) is 16.0. The summed E-state index contributed by atoms with van der Waals surface area (Å²) in [5, 5.41) is 0.341. The smallest absolute Gasteiger partial charge is 0.244 e. The summed E-state index contributed by atoms with van der Waals surface area (Å²) in [6, 6.07) is 9.86. The minimum Gasteiger partial charge on any atom is -0.495 e. The first-order valence-corrected chi connectivity index (χ1v) is 9.51. The molecule has 0 bridgehead atoms. The molecule has 1 aliphatic rings. The van der Waals surface area contributed by atoms with E-state index in [-0.39, 0.29) is 29.1 Å². The van der Waals surface area contributed by atoms with Crippen molar-refractivity contribution in [1.82, 2.24) is 4.72 Å². The van der Waals surface area contributed by atoms with E-state index in [1.165, 1.54) is 13.2 Å². The number of ether oxygens (including phenoxy) is 1. The van der Waals surface area contributed by atoms with Crippen molar-refractivity contribution in [1.29, 1.82) is 0 Å². The van der Waals surface area contributed by atoms with Crippen LogP contribution in [0.5, 0.6) is 5.75 Å². The molecule has 25 heavy (non-hydrogen) atoms. The number of fused-ring (bicyclic) bond motifs is 1. The predicted octanol–water partition coefficient (Wildman–Crippen LogP) is 3.71. The molecule has 5 nitrogen and oxygen atoms in total.